The molecule has 0 heterocycles. The van der Waals surface area contributed by atoms with Crippen molar-refractivity contribution in [3.8, 4) is 0 Å². The number of hydrogen-bond donors (Lipinski definition) is 1. The highest BCUT2D eigenvalue weighted by Gasteiger charge is 2.00. The summed E-state index contributed by atoms with van der Waals surface area (Å²) in [5.74, 6) is -0.0863. The van der Waals surface area contributed by atoms with Crippen molar-refractivity contribution < 1.29 is 10.0 Å². The molecule has 0 bridgehead atoms. The molecule has 0 unspecified atom stereocenters. The van der Waals surface area contributed by atoms with Gasteiger partial charge in [-0.05, 0) is 12.5 Å². The largest absolute Gasteiger partial charge is 0.411 e. The third-order valence-electron chi connectivity index (χ3n) is 1.31. The normalized spacial score (nSPS) is 11.2. The molecule has 0 saturated heterocycles. The van der Waals surface area contributed by atoms with Gasteiger partial charge in [0.15, 0.2) is 0 Å². The van der Waals surface area contributed by atoms with Crippen molar-refractivity contribution in [2.24, 2.45) is 5.16 Å². The van der Waals surface area contributed by atoms with E-state index < -0.39 is 0 Å². The van der Waals surface area contributed by atoms with Gasteiger partial charge in [-0.2, -0.15) is 0 Å². The van der Waals surface area contributed by atoms with E-state index in [1.165, 1.54) is 17.2 Å². The molecule has 1 amide bonds. The summed E-state index contributed by atoms with van der Waals surface area (Å²) in [5, 5.41) is 10.9. The second-order valence-electron chi connectivity index (χ2n) is 2.33. The van der Waals surface area contributed by atoms with Crippen molar-refractivity contribution in [2.75, 3.05) is 13.6 Å². The minimum absolute atomic E-state index is 0.0863. The summed E-state index contributed by atoms with van der Waals surface area (Å²) >= 11 is 0. The van der Waals surface area contributed by atoms with E-state index in [9.17, 15) is 4.79 Å². The van der Waals surface area contributed by atoms with Crippen molar-refractivity contribution in [3.63, 3.8) is 0 Å². The molecule has 0 aliphatic heterocycles. The van der Waals surface area contributed by atoms with E-state index >= 15 is 0 Å². The first-order chi connectivity index (χ1) is 5.72. The maximum absolute atomic E-state index is 11.1. The average molecular weight is 170 g/mol. The number of likely N-dealkylation sites (N-methyl/N-ethyl adjacent to an activating group) is 1. The molecule has 0 aromatic carbocycles. The van der Waals surface area contributed by atoms with Gasteiger partial charge in [0.2, 0.25) is 5.91 Å². The first kappa shape index (κ1) is 10.7. The molecule has 0 aliphatic carbocycles. The van der Waals surface area contributed by atoms with Crippen LogP contribution >= 0.6 is 0 Å². The Hall–Kier alpha value is -1.32. The second-order valence-corrected chi connectivity index (χ2v) is 2.33. The zero-order chi connectivity index (χ0) is 9.40. The number of hydrogen-bond acceptors (Lipinski definition) is 3. The first-order valence-corrected chi connectivity index (χ1v) is 3.79. The molecule has 12 heavy (non-hydrogen) atoms. The SMILES string of the molecule is CC/C=C/C(=O)N(C)C/C=N/O. The van der Waals surface area contributed by atoms with Crippen LogP contribution in [0.2, 0.25) is 0 Å². The summed E-state index contributed by atoms with van der Waals surface area (Å²) in [7, 11) is 1.64. The number of amides is 1. The van der Waals surface area contributed by atoms with Crippen LogP contribution in [0, 0.1) is 0 Å². The maximum atomic E-state index is 11.1. The van der Waals surface area contributed by atoms with Gasteiger partial charge < -0.3 is 10.1 Å². The van der Waals surface area contributed by atoms with Gasteiger partial charge >= 0.3 is 0 Å². The Kier molecular flexibility index (Phi) is 5.69. The second kappa shape index (κ2) is 6.39. The molecular weight excluding hydrogens is 156 g/mol. The molecule has 0 spiro atoms. The fraction of sp³-hybridized carbons (Fsp3) is 0.500. The lowest BCUT2D eigenvalue weighted by Gasteiger charge is -2.10. The third kappa shape index (κ3) is 4.49. The Balaban J connectivity index is 3.84. The van der Waals surface area contributed by atoms with Crippen LogP contribution in [-0.4, -0.2) is 35.8 Å². The Morgan fingerprint density at radius 2 is 2.33 bits per heavy atom. The van der Waals surface area contributed by atoms with E-state index in [2.05, 4.69) is 5.16 Å². The number of carbonyl (C=O) groups excluding carboxylic acids is 1. The highest BCUT2D eigenvalue weighted by atomic mass is 16.4. The fourth-order valence-corrected chi connectivity index (χ4v) is 0.595. The number of carbonyl (C=O) groups is 1. The molecule has 0 aromatic rings. The van der Waals surface area contributed by atoms with Crippen molar-refractivity contribution in [2.45, 2.75) is 13.3 Å². The van der Waals surface area contributed by atoms with E-state index in [1.807, 2.05) is 6.92 Å². The highest BCUT2D eigenvalue weighted by molar-refractivity contribution is 5.88. The van der Waals surface area contributed by atoms with Crippen LogP contribution in [0.4, 0.5) is 0 Å². The summed E-state index contributed by atoms with van der Waals surface area (Å²) in [6, 6.07) is 0. The van der Waals surface area contributed by atoms with E-state index in [0.29, 0.717) is 6.54 Å². The van der Waals surface area contributed by atoms with Gasteiger partial charge in [0, 0.05) is 7.05 Å². The molecule has 0 rings (SSSR count). The molecule has 68 valence electrons. The Morgan fingerprint density at radius 1 is 1.67 bits per heavy atom. The lowest BCUT2D eigenvalue weighted by Crippen LogP contribution is -2.26. The average Bonchev–Trinajstić information content (AvgIpc) is 2.10. The van der Waals surface area contributed by atoms with Gasteiger partial charge in [-0.1, -0.05) is 13.0 Å². The van der Waals surface area contributed by atoms with Gasteiger partial charge in [-0.3, -0.25) is 4.79 Å². The monoisotopic (exact) mass is 170 g/mol. The van der Waals surface area contributed by atoms with Gasteiger partial charge in [0.1, 0.15) is 0 Å². The Morgan fingerprint density at radius 3 is 2.83 bits per heavy atom. The molecule has 4 nitrogen and oxygen atoms in total. The smallest absolute Gasteiger partial charge is 0.246 e. The van der Waals surface area contributed by atoms with Crippen molar-refractivity contribution in [1.82, 2.24) is 4.90 Å². The summed E-state index contributed by atoms with van der Waals surface area (Å²) in [6.45, 7) is 2.28. The fourth-order valence-electron chi connectivity index (χ4n) is 0.595. The van der Waals surface area contributed by atoms with Crippen LogP contribution in [0.3, 0.4) is 0 Å². The van der Waals surface area contributed by atoms with Crippen LogP contribution in [-0.2, 0) is 4.79 Å². The van der Waals surface area contributed by atoms with Gasteiger partial charge in [-0.15, -0.1) is 5.16 Å². The van der Waals surface area contributed by atoms with Crippen LogP contribution in [0.25, 0.3) is 0 Å². The zero-order valence-electron chi connectivity index (χ0n) is 7.40. The standard InChI is InChI=1S/C8H14N2O2/c1-3-4-5-8(11)10(2)7-6-9-12/h4-6,12H,3,7H2,1-2H3/b5-4+,9-6+. The Bertz CT molecular complexity index is 187. The minimum atomic E-state index is -0.0863. The number of allylic oxidation sites excluding steroid dienone is 1. The van der Waals surface area contributed by atoms with Crippen molar-refractivity contribution >= 4 is 12.1 Å². The van der Waals surface area contributed by atoms with Gasteiger partial charge in [-0.25, -0.2) is 0 Å². The maximum Gasteiger partial charge on any atom is 0.246 e. The third-order valence-corrected chi connectivity index (χ3v) is 1.31. The van der Waals surface area contributed by atoms with Crippen molar-refractivity contribution in [3.05, 3.63) is 12.2 Å². The lowest BCUT2D eigenvalue weighted by molar-refractivity contribution is -0.124. The van der Waals surface area contributed by atoms with Crippen molar-refractivity contribution in [1.29, 1.82) is 0 Å². The summed E-state index contributed by atoms with van der Waals surface area (Å²) in [5.41, 5.74) is 0. The molecule has 4 heteroatoms. The van der Waals surface area contributed by atoms with Gasteiger partial charge in [0.25, 0.3) is 0 Å². The van der Waals surface area contributed by atoms with E-state index in [-0.39, 0.29) is 5.91 Å². The van der Waals surface area contributed by atoms with Gasteiger partial charge in [0.05, 0.1) is 12.8 Å². The zero-order valence-corrected chi connectivity index (χ0v) is 7.40. The highest BCUT2D eigenvalue weighted by Crippen LogP contribution is 1.87. The lowest BCUT2D eigenvalue weighted by atomic mass is 10.4. The minimum Gasteiger partial charge on any atom is -0.411 e. The topological polar surface area (TPSA) is 52.9 Å². The molecule has 0 fully saturated rings. The number of rotatable bonds is 4. The number of nitrogens with zero attached hydrogens (tertiary/aromatic N) is 2. The van der Waals surface area contributed by atoms with Crippen LogP contribution in [0.1, 0.15) is 13.3 Å². The summed E-state index contributed by atoms with van der Waals surface area (Å²) in [4.78, 5) is 12.6. The molecule has 0 aromatic heterocycles. The molecule has 0 saturated carbocycles. The van der Waals surface area contributed by atoms with Crippen LogP contribution in [0.5, 0.6) is 0 Å². The molecule has 1 N–H and O–H groups in total. The summed E-state index contributed by atoms with van der Waals surface area (Å²) < 4.78 is 0. The molecule has 0 radical (unpaired) electrons. The van der Waals surface area contributed by atoms with Crippen LogP contribution < -0.4 is 0 Å². The quantitative estimate of drug-likeness (QED) is 0.294. The van der Waals surface area contributed by atoms with E-state index in [4.69, 9.17) is 5.21 Å². The molecule has 0 atom stereocenters. The molecular formula is C8H14N2O2. The molecule has 0 aliphatic rings. The first-order valence-electron chi connectivity index (χ1n) is 3.79. The summed E-state index contributed by atoms with van der Waals surface area (Å²) in [6.07, 6.45) is 5.39. The Labute approximate surface area is 72.2 Å². The predicted octanol–water partition coefficient (Wildman–Crippen LogP) is 0.871. The predicted molar refractivity (Wildman–Crippen MR) is 47.3 cm³/mol. The number of oxime groups is 1. The van der Waals surface area contributed by atoms with E-state index in [1.54, 1.807) is 13.1 Å². The van der Waals surface area contributed by atoms with E-state index in [0.717, 1.165) is 6.42 Å². The van der Waals surface area contributed by atoms with Crippen LogP contribution in [0.15, 0.2) is 17.3 Å².